The molecule has 138 valence electrons. The molecule has 2 atom stereocenters. The third-order valence-electron chi connectivity index (χ3n) is 5.75. The fourth-order valence-corrected chi connectivity index (χ4v) is 5.16. The second-order valence-corrected chi connectivity index (χ2v) is 9.11. The van der Waals surface area contributed by atoms with Crippen LogP contribution in [-0.2, 0) is 10.2 Å². The van der Waals surface area contributed by atoms with E-state index < -0.39 is 0 Å². The number of carbonyl (C=O) groups is 1. The SMILES string of the molecule is CC(C)(c1ccccc1)c1nnc(NC(=O)CC2CC3CCC(C2)N3)s1. The van der Waals surface area contributed by atoms with Crippen LogP contribution in [0.15, 0.2) is 30.3 Å². The van der Waals surface area contributed by atoms with Gasteiger partial charge in [0.15, 0.2) is 0 Å². The van der Waals surface area contributed by atoms with Crippen LogP contribution in [-0.4, -0.2) is 28.2 Å². The Hall–Kier alpha value is -1.79. The Balaban J connectivity index is 1.38. The predicted molar refractivity (Wildman–Crippen MR) is 104 cm³/mol. The van der Waals surface area contributed by atoms with Crippen molar-refractivity contribution < 1.29 is 4.79 Å². The van der Waals surface area contributed by atoms with E-state index in [2.05, 4.69) is 46.8 Å². The van der Waals surface area contributed by atoms with Gasteiger partial charge in [-0.3, -0.25) is 4.79 Å². The van der Waals surface area contributed by atoms with Gasteiger partial charge in [-0.15, -0.1) is 10.2 Å². The van der Waals surface area contributed by atoms with Crippen LogP contribution in [0.4, 0.5) is 5.13 Å². The number of rotatable bonds is 5. The van der Waals surface area contributed by atoms with Crippen molar-refractivity contribution in [3.8, 4) is 0 Å². The number of amides is 1. The molecule has 6 heteroatoms. The van der Waals surface area contributed by atoms with Gasteiger partial charge in [-0.25, -0.2) is 0 Å². The van der Waals surface area contributed by atoms with Crippen molar-refractivity contribution in [3.05, 3.63) is 40.9 Å². The van der Waals surface area contributed by atoms with Crippen LogP contribution in [0.5, 0.6) is 0 Å². The van der Waals surface area contributed by atoms with Gasteiger partial charge in [0.2, 0.25) is 11.0 Å². The van der Waals surface area contributed by atoms with E-state index in [0.29, 0.717) is 29.6 Å². The Labute approximate surface area is 158 Å². The summed E-state index contributed by atoms with van der Waals surface area (Å²) in [5.41, 5.74) is 0.968. The number of hydrogen-bond donors (Lipinski definition) is 2. The van der Waals surface area contributed by atoms with Crippen molar-refractivity contribution in [2.45, 2.75) is 63.5 Å². The van der Waals surface area contributed by atoms with E-state index in [4.69, 9.17) is 0 Å². The maximum absolute atomic E-state index is 12.5. The van der Waals surface area contributed by atoms with E-state index in [1.54, 1.807) is 0 Å². The molecule has 5 nitrogen and oxygen atoms in total. The molecule has 1 amide bonds. The van der Waals surface area contributed by atoms with Crippen molar-refractivity contribution in [2.24, 2.45) is 5.92 Å². The van der Waals surface area contributed by atoms with Crippen LogP contribution in [0.25, 0.3) is 0 Å². The number of nitrogens with one attached hydrogen (secondary N) is 2. The van der Waals surface area contributed by atoms with Crippen LogP contribution in [0, 0.1) is 5.92 Å². The molecule has 2 bridgehead atoms. The quantitative estimate of drug-likeness (QED) is 0.842. The topological polar surface area (TPSA) is 66.9 Å². The maximum Gasteiger partial charge on any atom is 0.226 e. The molecule has 0 aliphatic carbocycles. The average molecular weight is 371 g/mol. The molecular weight excluding hydrogens is 344 g/mol. The number of benzene rings is 1. The van der Waals surface area contributed by atoms with E-state index in [1.165, 1.54) is 29.7 Å². The molecule has 2 N–H and O–H groups in total. The summed E-state index contributed by atoms with van der Waals surface area (Å²) in [6.45, 7) is 4.28. The lowest BCUT2D eigenvalue weighted by molar-refractivity contribution is -0.117. The molecule has 2 saturated heterocycles. The smallest absolute Gasteiger partial charge is 0.226 e. The minimum atomic E-state index is -0.226. The summed E-state index contributed by atoms with van der Waals surface area (Å²) in [5, 5.41) is 16.7. The second-order valence-electron chi connectivity index (χ2n) is 8.13. The molecule has 2 aliphatic heterocycles. The average Bonchev–Trinajstić information content (AvgIpc) is 3.22. The van der Waals surface area contributed by atoms with Gasteiger partial charge in [0.05, 0.1) is 0 Å². The van der Waals surface area contributed by atoms with Gasteiger partial charge in [-0.2, -0.15) is 0 Å². The minimum Gasteiger partial charge on any atom is -0.311 e. The Kier molecular flexibility index (Phi) is 4.80. The molecule has 2 unspecified atom stereocenters. The molecule has 1 aromatic heterocycles. The maximum atomic E-state index is 12.5. The molecule has 0 spiro atoms. The largest absolute Gasteiger partial charge is 0.311 e. The first-order chi connectivity index (χ1) is 12.5. The normalized spacial score (nSPS) is 25.2. The number of fused-ring (bicyclic) bond motifs is 2. The number of anilines is 1. The standard InChI is InChI=1S/C20H26N4OS/c1-20(2,14-6-4-3-5-7-14)18-23-24-19(26-18)22-17(25)12-13-10-15-8-9-16(11-13)21-15/h3-7,13,15-16,21H,8-12H2,1-2H3,(H,22,24,25). The zero-order valence-corrected chi connectivity index (χ0v) is 16.2. The first-order valence-corrected chi connectivity index (χ1v) is 10.3. The zero-order chi connectivity index (χ0) is 18.1. The highest BCUT2D eigenvalue weighted by Gasteiger charge is 2.34. The van der Waals surface area contributed by atoms with Gasteiger partial charge in [0.25, 0.3) is 0 Å². The molecular formula is C20H26N4OS. The molecule has 0 radical (unpaired) electrons. The molecule has 2 aliphatic rings. The second kappa shape index (κ2) is 7.08. The van der Waals surface area contributed by atoms with E-state index in [9.17, 15) is 4.79 Å². The summed E-state index contributed by atoms with van der Waals surface area (Å²) >= 11 is 1.47. The predicted octanol–water partition coefficient (Wildman–Crippen LogP) is 3.72. The number of nitrogens with zero attached hydrogens (tertiary/aromatic N) is 2. The molecule has 26 heavy (non-hydrogen) atoms. The lowest BCUT2D eigenvalue weighted by atomic mass is 9.85. The van der Waals surface area contributed by atoms with Crippen LogP contribution in [0.1, 0.15) is 56.5 Å². The highest BCUT2D eigenvalue weighted by Crippen LogP contribution is 2.35. The van der Waals surface area contributed by atoms with Crippen molar-refractivity contribution >= 4 is 22.4 Å². The van der Waals surface area contributed by atoms with Crippen LogP contribution in [0.2, 0.25) is 0 Å². The van der Waals surface area contributed by atoms with Crippen LogP contribution in [0.3, 0.4) is 0 Å². The van der Waals surface area contributed by atoms with Crippen LogP contribution < -0.4 is 10.6 Å². The van der Waals surface area contributed by atoms with E-state index in [-0.39, 0.29) is 11.3 Å². The third-order valence-corrected chi connectivity index (χ3v) is 6.91. The highest BCUT2D eigenvalue weighted by molar-refractivity contribution is 7.15. The van der Waals surface area contributed by atoms with Crippen molar-refractivity contribution in [1.29, 1.82) is 0 Å². The molecule has 2 fully saturated rings. The van der Waals surface area contributed by atoms with Gasteiger partial charge >= 0.3 is 0 Å². The zero-order valence-electron chi connectivity index (χ0n) is 15.4. The van der Waals surface area contributed by atoms with Gasteiger partial charge in [-0.1, -0.05) is 41.7 Å². The number of aromatic nitrogens is 2. The van der Waals surface area contributed by atoms with E-state index >= 15 is 0 Å². The van der Waals surface area contributed by atoms with E-state index in [0.717, 1.165) is 17.8 Å². The number of carbonyl (C=O) groups excluding carboxylic acids is 1. The van der Waals surface area contributed by atoms with Crippen molar-refractivity contribution in [1.82, 2.24) is 15.5 Å². The summed E-state index contributed by atoms with van der Waals surface area (Å²) in [5.74, 6) is 0.554. The van der Waals surface area contributed by atoms with Gasteiger partial charge in [-0.05, 0) is 51.0 Å². The Morgan fingerprint density at radius 1 is 1.19 bits per heavy atom. The Morgan fingerprint density at radius 3 is 2.58 bits per heavy atom. The molecule has 1 aromatic carbocycles. The third kappa shape index (κ3) is 3.67. The number of hydrogen-bond acceptors (Lipinski definition) is 5. The molecule has 0 saturated carbocycles. The monoisotopic (exact) mass is 370 g/mol. The van der Waals surface area contributed by atoms with Gasteiger partial charge in [0.1, 0.15) is 5.01 Å². The lowest BCUT2D eigenvalue weighted by Crippen LogP contribution is -2.39. The summed E-state index contributed by atoms with van der Waals surface area (Å²) in [7, 11) is 0. The summed E-state index contributed by atoms with van der Waals surface area (Å²) in [6.07, 6.45) is 5.35. The Morgan fingerprint density at radius 2 is 1.88 bits per heavy atom. The van der Waals surface area contributed by atoms with Crippen molar-refractivity contribution in [3.63, 3.8) is 0 Å². The minimum absolute atomic E-state index is 0.0662. The van der Waals surface area contributed by atoms with Crippen LogP contribution >= 0.6 is 11.3 Å². The highest BCUT2D eigenvalue weighted by atomic mass is 32.1. The summed E-state index contributed by atoms with van der Waals surface area (Å²) in [4.78, 5) is 12.5. The van der Waals surface area contributed by atoms with Gasteiger partial charge in [0, 0.05) is 23.9 Å². The lowest BCUT2D eigenvalue weighted by Gasteiger charge is -2.28. The van der Waals surface area contributed by atoms with Crippen molar-refractivity contribution in [2.75, 3.05) is 5.32 Å². The fourth-order valence-electron chi connectivity index (χ4n) is 4.28. The Bertz CT molecular complexity index is 761. The summed E-state index contributed by atoms with van der Waals surface area (Å²) < 4.78 is 0. The first-order valence-electron chi connectivity index (χ1n) is 9.46. The number of piperidine rings is 1. The molecule has 3 heterocycles. The molecule has 4 rings (SSSR count). The first kappa shape index (κ1) is 17.6. The fraction of sp³-hybridized carbons (Fsp3) is 0.550. The molecule has 2 aromatic rings. The summed E-state index contributed by atoms with van der Waals surface area (Å²) in [6, 6.07) is 11.5. The van der Waals surface area contributed by atoms with Gasteiger partial charge < -0.3 is 10.6 Å². The van der Waals surface area contributed by atoms with E-state index in [1.807, 2.05) is 18.2 Å².